The molecule has 80 valence electrons. The van der Waals surface area contributed by atoms with Crippen LogP contribution >= 0.6 is 0 Å². The number of nitrogens with zero attached hydrogens (tertiary/aromatic N) is 1. The average molecular weight is 198 g/mol. The van der Waals surface area contributed by atoms with E-state index in [2.05, 4.69) is 5.32 Å². The van der Waals surface area contributed by atoms with Crippen molar-refractivity contribution in [1.29, 1.82) is 0 Å². The minimum Gasteiger partial charge on any atom is -0.372 e. The van der Waals surface area contributed by atoms with Crippen molar-refractivity contribution in [2.75, 3.05) is 13.1 Å². The van der Waals surface area contributed by atoms with E-state index in [9.17, 15) is 4.79 Å². The Labute approximate surface area is 84.6 Å². The molecule has 0 aromatic rings. The van der Waals surface area contributed by atoms with Crippen molar-refractivity contribution >= 4 is 6.03 Å². The number of rotatable bonds is 1. The van der Waals surface area contributed by atoms with Crippen LogP contribution in [0.4, 0.5) is 4.79 Å². The van der Waals surface area contributed by atoms with Crippen LogP contribution in [0.1, 0.15) is 26.7 Å². The first-order valence-electron chi connectivity index (χ1n) is 5.36. The molecule has 1 saturated heterocycles. The highest BCUT2D eigenvalue weighted by molar-refractivity contribution is 5.75. The summed E-state index contributed by atoms with van der Waals surface area (Å²) in [5, 5.41) is 3.00. The van der Waals surface area contributed by atoms with Gasteiger partial charge in [0.1, 0.15) is 0 Å². The third kappa shape index (κ3) is 2.38. The van der Waals surface area contributed by atoms with Crippen molar-refractivity contribution in [2.24, 2.45) is 0 Å². The van der Waals surface area contributed by atoms with Crippen LogP contribution in [0.15, 0.2) is 0 Å². The second kappa shape index (κ2) is 3.77. The molecule has 1 saturated carbocycles. The second-order valence-electron chi connectivity index (χ2n) is 4.39. The Hall–Kier alpha value is -0.770. The number of hydrogen-bond donors (Lipinski definition) is 1. The Bertz CT molecular complexity index is 218. The van der Waals surface area contributed by atoms with E-state index in [0.717, 1.165) is 12.8 Å². The van der Waals surface area contributed by atoms with Gasteiger partial charge in [0.25, 0.3) is 0 Å². The lowest BCUT2D eigenvalue weighted by Gasteiger charge is -2.35. The molecule has 1 aliphatic carbocycles. The van der Waals surface area contributed by atoms with Crippen molar-refractivity contribution in [3.8, 4) is 0 Å². The van der Waals surface area contributed by atoms with Gasteiger partial charge in [-0.05, 0) is 26.7 Å². The molecule has 2 atom stereocenters. The topological polar surface area (TPSA) is 41.6 Å². The van der Waals surface area contributed by atoms with E-state index in [1.807, 2.05) is 18.7 Å². The van der Waals surface area contributed by atoms with E-state index in [0.29, 0.717) is 19.1 Å². The predicted octanol–water partition coefficient (Wildman–Crippen LogP) is 0.968. The highest BCUT2D eigenvalue weighted by Crippen LogP contribution is 2.19. The zero-order chi connectivity index (χ0) is 10.1. The van der Waals surface area contributed by atoms with Gasteiger partial charge in [-0.3, -0.25) is 0 Å². The Kier molecular flexibility index (Phi) is 2.63. The van der Waals surface area contributed by atoms with Crippen molar-refractivity contribution in [1.82, 2.24) is 10.2 Å². The van der Waals surface area contributed by atoms with Crippen LogP contribution in [0, 0.1) is 0 Å². The maximum atomic E-state index is 11.7. The van der Waals surface area contributed by atoms with Gasteiger partial charge in [-0.2, -0.15) is 0 Å². The molecule has 0 aromatic carbocycles. The van der Waals surface area contributed by atoms with E-state index in [1.165, 1.54) is 0 Å². The molecule has 4 heteroatoms. The lowest BCUT2D eigenvalue weighted by atomic mass is 10.2. The molecule has 0 aromatic heterocycles. The standard InChI is InChI=1S/C10H18N2O2/c1-7-5-12(6-8(2)14-7)10(13)11-9-3-4-9/h7-9H,3-6H2,1-2H3,(H,11,13)/t7-,8+. The van der Waals surface area contributed by atoms with Gasteiger partial charge in [0.2, 0.25) is 0 Å². The van der Waals surface area contributed by atoms with Crippen LogP contribution < -0.4 is 5.32 Å². The van der Waals surface area contributed by atoms with Crippen LogP contribution in [0.2, 0.25) is 0 Å². The number of carbonyl (C=O) groups is 1. The Morgan fingerprint density at radius 1 is 1.29 bits per heavy atom. The molecule has 2 amide bonds. The summed E-state index contributed by atoms with van der Waals surface area (Å²) in [4.78, 5) is 13.6. The van der Waals surface area contributed by atoms with Crippen molar-refractivity contribution in [3.63, 3.8) is 0 Å². The summed E-state index contributed by atoms with van der Waals surface area (Å²) < 4.78 is 5.57. The minimum atomic E-state index is 0.0782. The van der Waals surface area contributed by atoms with Crippen LogP contribution in [0.3, 0.4) is 0 Å². The van der Waals surface area contributed by atoms with E-state index in [-0.39, 0.29) is 18.2 Å². The zero-order valence-corrected chi connectivity index (χ0v) is 8.82. The third-order valence-corrected chi connectivity index (χ3v) is 2.61. The Morgan fingerprint density at radius 3 is 2.36 bits per heavy atom. The van der Waals surface area contributed by atoms with Gasteiger partial charge in [-0.1, -0.05) is 0 Å². The first-order chi connectivity index (χ1) is 6.65. The lowest BCUT2D eigenvalue weighted by molar-refractivity contribution is -0.0545. The maximum absolute atomic E-state index is 11.7. The second-order valence-corrected chi connectivity index (χ2v) is 4.39. The Balaban J connectivity index is 1.85. The van der Waals surface area contributed by atoms with Crippen molar-refractivity contribution in [2.45, 2.75) is 44.9 Å². The Morgan fingerprint density at radius 2 is 1.86 bits per heavy atom. The molecule has 1 heterocycles. The van der Waals surface area contributed by atoms with Gasteiger partial charge in [0, 0.05) is 19.1 Å². The smallest absolute Gasteiger partial charge is 0.317 e. The molecular weight excluding hydrogens is 180 g/mol. The van der Waals surface area contributed by atoms with E-state index >= 15 is 0 Å². The third-order valence-electron chi connectivity index (χ3n) is 2.61. The summed E-state index contributed by atoms with van der Waals surface area (Å²) in [5.74, 6) is 0. The van der Waals surface area contributed by atoms with Crippen LogP contribution in [0.25, 0.3) is 0 Å². The normalized spacial score (nSPS) is 32.9. The molecule has 0 bridgehead atoms. The predicted molar refractivity (Wildman–Crippen MR) is 53.1 cm³/mol. The fraction of sp³-hybridized carbons (Fsp3) is 0.900. The molecule has 2 rings (SSSR count). The number of ether oxygens (including phenoxy) is 1. The van der Waals surface area contributed by atoms with Crippen LogP contribution in [-0.2, 0) is 4.74 Å². The number of nitrogens with one attached hydrogen (secondary N) is 1. The largest absolute Gasteiger partial charge is 0.372 e. The molecule has 1 N–H and O–H groups in total. The summed E-state index contributed by atoms with van der Waals surface area (Å²) in [6, 6.07) is 0.519. The summed E-state index contributed by atoms with van der Waals surface area (Å²) in [6.07, 6.45) is 2.59. The highest BCUT2D eigenvalue weighted by atomic mass is 16.5. The van der Waals surface area contributed by atoms with Gasteiger partial charge in [-0.25, -0.2) is 4.79 Å². The van der Waals surface area contributed by atoms with Gasteiger partial charge in [-0.15, -0.1) is 0 Å². The maximum Gasteiger partial charge on any atom is 0.317 e. The highest BCUT2D eigenvalue weighted by Gasteiger charge is 2.29. The fourth-order valence-electron chi connectivity index (χ4n) is 1.84. The monoisotopic (exact) mass is 198 g/mol. The molecule has 1 aliphatic heterocycles. The first kappa shape index (κ1) is 9.77. The molecule has 14 heavy (non-hydrogen) atoms. The van der Waals surface area contributed by atoms with Gasteiger partial charge in [0.15, 0.2) is 0 Å². The molecule has 0 unspecified atom stereocenters. The van der Waals surface area contributed by atoms with Crippen LogP contribution in [-0.4, -0.2) is 42.3 Å². The van der Waals surface area contributed by atoms with Crippen LogP contribution in [0.5, 0.6) is 0 Å². The molecule has 2 fully saturated rings. The minimum absolute atomic E-state index is 0.0782. The zero-order valence-electron chi connectivity index (χ0n) is 8.82. The fourth-order valence-corrected chi connectivity index (χ4v) is 1.84. The number of morpholine rings is 1. The summed E-state index contributed by atoms with van der Waals surface area (Å²) in [7, 11) is 0. The summed E-state index contributed by atoms with van der Waals surface area (Å²) >= 11 is 0. The molecular formula is C10H18N2O2. The molecule has 2 aliphatic rings. The lowest BCUT2D eigenvalue weighted by Crippen LogP contribution is -2.52. The molecule has 0 radical (unpaired) electrons. The number of amides is 2. The van der Waals surface area contributed by atoms with Crippen molar-refractivity contribution < 1.29 is 9.53 Å². The quantitative estimate of drug-likeness (QED) is 0.682. The number of hydrogen-bond acceptors (Lipinski definition) is 2. The van der Waals surface area contributed by atoms with Crippen molar-refractivity contribution in [3.05, 3.63) is 0 Å². The summed E-state index contributed by atoms with van der Waals surface area (Å²) in [5.41, 5.74) is 0. The molecule has 4 nitrogen and oxygen atoms in total. The van der Waals surface area contributed by atoms with Gasteiger partial charge in [0.05, 0.1) is 12.2 Å². The van der Waals surface area contributed by atoms with E-state index in [4.69, 9.17) is 4.74 Å². The van der Waals surface area contributed by atoms with Gasteiger partial charge < -0.3 is 15.0 Å². The van der Waals surface area contributed by atoms with E-state index < -0.39 is 0 Å². The first-order valence-corrected chi connectivity index (χ1v) is 5.36. The number of urea groups is 1. The average Bonchev–Trinajstić information content (AvgIpc) is 2.86. The number of carbonyl (C=O) groups excluding carboxylic acids is 1. The summed E-state index contributed by atoms with van der Waals surface area (Å²) in [6.45, 7) is 5.44. The SMILES string of the molecule is C[C@@H]1CN(C(=O)NC2CC2)C[C@H](C)O1. The van der Waals surface area contributed by atoms with Gasteiger partial charge >= 0.3 is 6.03 Å². The van der Waals surface area contributed by atoms with E-state index in [1.54, 1.807) is 0 Å². The molecule has 0 spiro atoms.